The van der Waals surface area contributed by atoms with E-state index < -0.39 is 5.43 Å². The molecule has 0 fully saturated rings. The van der Waals surface area contributed by atoms with Gasteiger partial charge in [0.2, 0.25) is 5.43 Å². The first-order chi connectivity index (χ1) is 15.5. The molecule has 0 saturated carbocycles. The average Bonchev–Trinajstić information content (AvgIpc) is 2.82. The van der Waals surface area contributed by atoms with Crippen molar-refractivity contribution in [1.29, 1.82) is 0 Å². The molecule has 0 saturated heterocycles. The van der Waals surface area contributed by atoms with E-state index in [1.54, 1.807) is 6.20 Å². The predicted molar refractivity (Wildman–Crippen MR) is 131 cm³/mol. The summed E-state index contributed by atoms with van der Waals surface area (Å²) in [5.41, 5.74) is 3.96. The topological polar surface area (TPSA) is 57.8 Å². The van der Waals surface area contributed by atoms with Crippen LogP contribution in [-0.2, 0) is 0 Å². The van der Waals surface area contributed by atoms with Crippen LogP contribution in [0.2, 0.25) is 0 Å². The molecule has 1 N–H and O–H groups in total. The van der Waals surface area contributed by atoms with Gasteiger partial charge in [0.25, 0.3) is 0 Å². The zero-order valence-corrected chi connectivity index (χ0v) is 18.8. The first-order valence-electron chi connectivity index (χ1n) is 11.1. The van der Waals surface area contributed by atoms with Crippen LogP contribution in [0.25, 0.3) is 5.70 Å². The molecule has 0 aliphatic carbocycles. The molecule has 164 valence electrons. The second-order valence-electron chi connectivity index (χ2n) is 8.34. The van der Waals surface area contributed by atoms with Crippen LogP contribution < -0.4 is 10.4 Å². The van der Waals surface area contributed by atoms with Gasteiger partial charge in [0.05, 0.1) is 18.3 Å². The molecular formula is C27H29N3O2. The molecule has 1 atom stereocenters. The molecule has 2 aromatic carbocycles. The zero-order valence-electron chi connectivity index (χ0n) is 18.8. The van der Waals surface area contributed by atoms with Gasteiger partial charge in [0.15, 0.2) is 5.75 Å². The number of rotatable bonds is 6. The van der Waals surface area contributed by atoms with Crippen molar-refractivity contribution in [2.75, 3.05) is 11.6 Å². The van der Waals surface area contributed by atoms with Crippen molar-refractivity contribution >= 4 is 11.9 Å². The lowest BCUT2D eigenvalue weighted by atomic mass is 9.96. The van der Waals surface area contributed by atoms with Crippen LogP contribution in [0.1, 0.15) is 50.1 Å². The lowest BCUT2D eigenvalue weighted by Crippen LogP contribution is -2.44. The van der Waals surface area contributed by atoms with Gasteiger partial charge in [-0.1, -0.05) is 74.5 Å². The van der Waals surface area contributed by atoms with Gasteiger partial charge in [0.1, 0.15) is 5.69 Å². The highest BCUT2D eigenvalue weighted by Crippen LogP contribution is 2.36. The Morgan fingerprint density at radius 3 is 2.19 bits per heavy atom. The Morgan fingerprint density at radius 1 is 1.03 bits per heavy atom. The van der Waals surface area contributed by atoms with Gasteiger partial charge in [-0.2, -0.15) is 0 Å². The normalized spacial score (nSPS) is 14.8. The van der Waals surface area contributed by atoms with Crippen molar-refractivity contribution in [1.82, 2.24) is 4.68 Å². The van der Waals surface area contributed by atoms with Crippen LogP contribution in [0, 0.1) is 5.92 Å². The maximum atomic E-state index is 12.4. The zero-order chi connectivity index (χ0) is 22.7. The summed E-state index contributed by atoms with van der Waals surface area (Å²) in [5, 5.41) is 13.0. The van der Waals surface area contributed by atoms with E-state index in [4.69, 9.17) is 4.99 Å². The van der Waals surface area contributed by atoms with E-state index in [0.717, 1.165) is 23.1 Å². The molecular weight excluding hydrogens is 398 g/mol. The fraction of sp³-hybridized carbons (Fsp3) is 0.259. The summed E-state index contributed by atoms with van der Waals surface area (Å²) >= 11 is 0. The Hall–Kier alpha value is -3.60. The minimum absolute atomic E-state index is 0.104. The minimum Gasteiger partial charge on any atom is -0.503 e. The molecule has 5 heteroatoms. The number of hydrogen-bond donors (Lipinski definition) is 1. The van der Waals surface area contributed by atoms with Crippen molar-refractivity contribution in [3.63, 3.8) is 0 Å². The van der Waals surface area contributed by atoms with Crippen molar-refractivity contribution in [2.24, 2.45) is 10.9 Å². The molecule has 4 rings (SSSR count). The molecule has 0 radical (unpaired) electrons. The highest BCUT2D eigenvalue weighted by Gasteiger charge is 2.31. The summed E-state index contributed by atoms with van der Waals surface area (Å²) in [6, 6.07) is 21.9. The highest BCUT2D eigenvalue weighted by atomic mass is 16.3. The van der Waals surface area contributed by atoms with Crippen molar-refractivity contribution < 1.29 is 5.11 Å². The molecule has 1 aliphatic heterocycles. The summed E-state index contributed by atoms with van der Waals surface area (Å²) in [6.45, 7) is 6.84. The monoisotopic (exact) mass is 427 g/mol. The lowest BCUT2D eigenvalue weighted by molar-refractivity contribution is 0.445. The minimum atomic E-state index is -0.405. The molecule has 32 heavy (non-hydrogen) atoms. The Bertz CT molecular complexity index is 1160. The van der Waals surface area contributed by atoms with Crippen LogP contribution in [-0.4, -0.2) is 22.5 Å². The number of aliphatic imine (C=N–C) groups is 1. The summed E-state index contributed by atoms with van der Waals surface area (Å²) in [7, 11) is 0. The van der Waals surface area contributed by atoms with Gasteiger partial charge in [-0.25, -0.2) is 0 Å². The Morgan fingerprint density at radius 2 is 1.62 bits per heavy atom. The molecule has 5 nitrogen and oxygen atoms in total. The molecule has 0 amide bonds. The number of aromatic nitrogens is 1. The average molecular weight is 428 g/mol. The predicted octanol–water partition coefficient (Wildman–Crippen LogP) is 5.14. The molecule has 0 unspecified atom stereocenters. The fourth-order valence-electron chi connectivity index (χ4n) is 4.05. The number of nitrogens with zero attached hydrogens (tertiary/aromatic N) is 3. The highest BCUT2D eigenvalue weighted by molar-refractivity contribution is 5.79. The van der Waals surface area contributed by atoms with Crippen molar-refractivity contribution in [2.45, 2.75) is 33.2 Å². The maximum Gasteiger partial charge on any atom is 0.224 e. The molecule has 0 bridgehead atoms. The Balaban J connectivity index is 1.91. The summed E-state index contributed by atoms with van der Waals surface area (Å²) < 4.78 is 1.89. The van der Waals surface area contributed by atoms with E-state index in [0.29, 0.717) is 23.9 Å². The largest absolute Gasteiger partial charge is 0.503 e. The molecule has 2 heterocycles. The van der Waals surface area contributed by atoms with Gasteiger partial charge in [-0.15, -0.1) is 0 Å². The Labute approximate surface area is 189 Å². The smallest absolute Gasteiger partial charge is 0.224 e. The maximum absolute atomic E-state index is 12.4. The van der Waals surface area contributed by atoms with Gasteiger partial charge in [0, 0.05) is 18.5 Å². The van der Waals surface area contributed by atoms with E-state index in [2.05, 4.69) is 43.1 Å². The van der Waals surface area contributed by atoms with Crippen LogP contribution in [0.4, 0.5) is 0 Å². The summed E-state index contributed by atoms with van der Waals surface area (Å²) in [5.74, 6) is 0.0356. The SMILES string of the molecule is CC[C@@H](C)C=NC1=C(C)CN(C(c2ccccc2)c2ccccc2)n2ccc(=O)c(O)c21. The second kappa shape index (κ2) is 9.27. The number of pyridine rings is 1. The van der Waals surface area contributed by atoms with Gasteiger partial charge in [-0.3, -0.25) is 19.5 Å². The fourth-order valence-corrected chi connectivity index (χ4v) is 4.05. The third kappa shape index (κ3) is 4.11. The van der Waals surface area contributed by atoms with E-state index >= 15 is 0 Å². The van der Waals surface area contributed by atoms with E-state index in [1.165, 1.54) is 6.07 Å². The summed E-state index contributed by atoms with van der Waals surface area (Å²) in [6.07, 6.45) is 4.61. The van der Waals surface area contributed by atoms with Crippen LogP contribution in [0.15, 0.2) is 88.3 Å². The molecule has 3 aromatic rings. The quantitative estimate of drug-likeness (QED) is 0.554. The number of benzene rings is 2. The van der Waals surface area contributed by atoms with Crippen LogP contribution in [0.3, 0.4) is 0 Å². The molecule has 1 aliphatic rings. The number of hydrogen-bond acceptors (Lipinski definition) is 4. The van der Waals surface area contributed by atoms with Gasteiger partial charge in [-0.05, 0) is 36.0 Å². The van der Waals surface area contributed by atoms with E-state index in [-0.39, 0.29) is 11.8 Å². The molecule has 1 aromatic heterocycles. The Kier molecular flexibility index (Phi) is 6.26. The van der Waals surface area contributed by atoms with Crippen LogP contribution in [0.5, 0.6) is 5.75 Å². The number of fused-ring (bicyclic) bond motifs is 1. The lowest BCUT2D eigenvalue weighted by Gasteiger charge is -2.40. The van der Waals surface area contributed by atoms with Crippen molar-refractivity contribution in [3.8, 4) is 5.75 Å². The van der Waals surface area contributed by atoms with E-state index in [1.807, 2.05) is 54.2 Å². The first kappa shape index (κ1) is 21.6. The standard InChI is InChI=1S/C27H29N3O2/c1-4-19(2)17-28-24-20(3)18-30(29-16-15-23(31)27(32)26(24)29)25(21-11-7-5-8-12-21)22-13-9-6-10-14-22/h5-17,19,25,32H,4,18H2,1-3H3/t19-/m1/s1. The first-order valence-corrected chi connectivity index (χ1v) is 11.1. The van der Waals surface area contributed by atoms with E-state index in [9.17, 15) is 9.90 Å². The molecule has 0 spiro atoms. The number of aromatic hydroxyl groups is 1. The third-order valence-corrected chi connectivity index (χ3v) is 5.99. The van der Waals surface area contributed by atoms with Crippen LogP contribution >= 0.6 is 0 Å². The third-order valence-electron chi connectivity index (χ3n) is 5.99. The van der Waals surface area contributed by atoms with Gasteiger partial charge >= 0.3 is 0 Å². The second-order valence-corrected chi connectivity index (χ2v) is 8.34. The van der Waals surface area contributed by atoms with Crippen molar-refractivity contribution in [3.05, 3.63) is 106 Å². The summed E-state index contributed by atoms with van der Waals surface area (Å²) in [4.78, 5) is 17.1. The van der Waals surface area contributed by atoms with Gasteiger partial charge < -0.3 is 5.11 Å².